The predicted molar refractivity (Wildman–Crippen MR) is 184 cm³/mol. The zero-order valence-electron chi connectivity index (χ0n) is 27.3. The number of hydrogen-bond donors (Lipinski definition) is 4. The third-order valence-corrected chi connectivity index (χ3v) is 9.49. The second kappa shape index (κ2) is 14.4. The molecule has 0 unspecified atom stereocenters. The molecule has 0 saturated carbocycles. The molecule has 6 aromatic carbocycles. The van der Waals surface area contributed by atoms with Crippen LogP contribution in [0.4, 0.5) is 49.1 Å². The average molecular weight is 823 g/mol. The van der Waals surface area contributed by atoms with E-state index < -0.39 is 88.5 Å². The predicted octanol–water partition coefficient (Wildman–Crippen LogP) is 10.2. The highest BCUT2D eigenvalue weighted by molar-refractivity contribution is 7.86. The minimum atomic E-state index is -5.34. The number of halogens is 6. The fourth-order valence-electron chi connectivity index (χ4n) is 5.39. The third kappa shape index (κ3) is 8.62. The van der Waals surface area contributed by atoms with Gasteiger partial charge < -0.3 is 19.7 Å². The van der Waals surface area contributed by atoms with Crippen LogP contribution in [0.1, 0.15) is 0 Å². The normalized spacial score (nSPS) is 12.9. The second-order valence-electron chi connectivity index (χ2n) is 11.4. The van der Waals surface area contributed by atoms with Crippen molar-refractivity contribution in [2.75, 3.05) is 0 Å². The number of aromatic hydroxyl groups is 2. The molecule has 4 N–H and O–H groups in total. The molecule has 0 spiro atoms. The van der Waals surface area contributed by atoms with Crippen LogP contribution in [0.2, 0.25) is 0 Å². The Morgan fingerprint density at radius 2 is 0.786 bits per heavy atom. The first-order valence-electron chi connectivity index (χ1n) is 15.2. The van der Waals surface area contributed by atoms with Crippen molar-refractivity contribution in [3.8, 4) is 34.1 Å². The fraction of sp³-hybridized carbons (Fsp3) is 0.0588. The Morgan fingerprint density at radius 1 is 0.464 bits per heavy atom. The summed E-state index contributed by atoms with van der Waals surface area (Å²) in [6.45, 7) is 0. The first-order chi connectivity index (χ1) is 26.1. The molecule has 0 aliphatic rings. The standard InChI is InChI=1S/C34H20F6N4O10S2/c35-33(36,37)53-27-13-17(9-11-23(27)41-43-25-15-29(55(47,48)49)19-5-1-3-7-21(19)31(25)45)18-10-12-24(28(14-18)54-34(38,39)40)42-44-26-16-30(56(50,51)52)20-6-2-4-8-22(20)32(26)46/h1-16,45-46H,(H,47,48,49)(H,50,51,52). The topological polar surface area (TPSA) is 217 Å². The number of ether oxygens (including phenoxy) is 2. The van der Waals surface area contributed by atoms with Gasteiger partial charge in [-0.3, -0.25) is 9.11 Å². The molecule has 56 heavy (non-hydrogen) atoms. The Balaban J connectivity index is 1.42. The van der Waals surface area contributed by atoms with E-state index in [2.05, 4.69) is 29.9 Å². The highest BCUT2D eigenvalue weighted by Gasteiger charge is 2.34. The SMILES string of the molecule is O=S(=O)(O)c1cc(N=Nc2ccc(-c3ccc(N=Nc4cc(S(=O)(=O)O)c5ccccc5c4O)c(OC(F)(F)F)c3)cc2OC(F)(F)F)c(O)c2ccccc12. The van der Waals surface area contributed by atoms with Gasteiger partial charge in [0.25, 0.3) is 20.2 Å². The fourth-order valence-corrected chi connectivity index (χ4v) is 6.82. The van der Waals surface area contributed by atoms with Crippen molar-refractivity contribution >= 4 is 64.5 Å². The van der Waals surface area contributed by atoms with Crippen LogP contribution in [0.15, 0.2) is 127 Å². The lowest BCUT2D eigenvalue weighted by Gasteiger charge is -2.15. The van der Waals surface area contributed by atoms with Gasteiger partial charge >= 0.3 is 12.7 Å². The molecule has 6 rings (SSSR count). The molecular weight excluding hydrogens is 803 g/mol. The second-order valence-corrected chi connectivity index (χ2v) is 14.2. The van der Waals surface area contributed by atoms with Gasteiger partial charge in [0.1, 0.15) is 32.5 Å². The monoisotopic (exact) mass is 822 g/mol. The van der Waals surface area contributed by atoms with Crippen molar-refractivity contribution in [1.82, 2.24) is 0 Å². The minimum Gasteiger partial charge on any atom is -0.505 e. The summed E-state index contributed by atoms with van der Waals surface area (Å²) in [5.41, 5.74) is -2.87. The summed E-state index contributed by atoms with van der Waals surface area (Å²) in [4.78, 5) is -1.39. The molecule has 14 nitrogen and oxygen atoms in total. The van der Waals surface area contributed by atoms with Crippen LogP contribution < -0.4 is 9.47 Å². The van der Waals surface area contributed by atoms with Crippen molar-refractivity contribution in [1.29, 1.82) is 0 Å². The summed E-state index contributed by atoms with van der Waals surface area (Å²) >= 11 is 0. The first kappa shape index (κ1) is 39.3. The number of nitrogens with zero attached hydrogens (tertiary/aromatic N) is 4. The summed E-state index contributed by atoms with van der Waals surface area (Å²) in [5.74, 6) is -3.37. The Morgan fingerprint density at radius 3 is 1.11 bits per heavy atom. The molecular formula is C34H20F6N4O10S2. The van der Waals surface area contributed by atoms with Crippen molar-refractivity contribution < 1.29 is 72.0 Å². The van der Waals surface area contributed by atoms with Gasteiger partial charge in [0.2, 0.25) is 0 Å². The van der Waals surface area contributed by atoms with E-state index in [0.29, 0.717) is 0 Å². The van der Waals surface area contributed by atoms with E-state index in [-0.39, 0.29) is 32.7 Å². The summed E-state index contributed by atoms with van der Waals surface area (Å²) in [7, 11) is -9.79. The molecule has 0 saturated heterocycles. The molecule has 0 aliphatic heterocycles. The molecule has 0 amide bonds. The Bertz CT molecular complexity index is 2640. The lowest BCUT2D eigenvalue weighted by atomic mass is 10.0. The number of hydrogen-bond acceptors (Lipinski definition) is 12. The maximum Gasteiger partial charge on any atom is 0.573 e. The number of benzene rings is 6. The van der Waals surface area contributed by atoms with Crippen molar-refractivity contribution in [2.45, 2.75) is 22.5 Å². The van der Waals surface area contributed by atoms with Crippen LogP contribution in [-0.4, -0.2) is 48.9 Å². The van der Waals surface area contributed by atoms with Crippen LogP contribution in [0, 0.1) is 0 Å². The molecule has 0 radical (unpaired) electrons. The highest BCUT2D eigenvalue weighted by Crippen LogP contribution is 2.44. The van der Waals surface area contributed by atoms with Gasteiger partial charge in [0.05, 0.1) is 0 Å². The number of alkyl halides is 6. The summed E-state index contributed by atoms with van der Waals surface area (Å²) in [6.07, 6.45) is -10.7. The van der Waals surface area contributed by atoms with Crippen molar-refractivity contribution in [3.63, 3.8) is 0 Å². The summed E-state index contributed by atoms with van der Waals surface area (Å²) in [5, 5.41) is 35.6. The van der Waals surface area contributed by atoms with E-state index >= 15 is 0 Å². The molecule has 6 aromatic rings. The van der Waals surface area contributed by atoms with E-state index in [9.17, 15) is 62.5 Å². The molecule has 0 heterocycles. The van der Waals surface area contributed by atoms with E-state index in [1.165, 1.54) is 48.5 Å². The summed E-state index contributed by atoms with van der Waals surface area (Å²) in [6, 6.07) is 17.7. The molecule has 0 atom stereocenters. The summed E-state index contributed by atoms with van der Waals surface area (Å²) < 4.78 is 157. The Kier molecular flexibility index (Phi) is 10.1. The van der Waals surface area contributed by atoms with Gasteiger partial charge in [0, 0.05) is 21.5 Å². The van der Waals surface area contributed by atoms with Crippen LogP contribution in [-0.2, 0) is 20.2 Å². The highest BCUT2D eigenvalue weighted by atomic mass is 32.2. The number of fused-ring (bicyclic) bond motifs is 2. The molecule has 22 heteroatoms. The zero-order chi connectivity index (χ0) is 40.8. The number of phenols is 2. The lowest BCUT2D eigenvalue weighted by molar-refractivity contribution is -0.275. The zero-order valence-corrected chi connectivity index (χ0v) is 29.0. The first-order valence-corrected chi connectivity index (χ1v) is 18.0. The van der Waals surface area contributed by atoms with Crippen molar-refractivity contribution in [3.05, 3.63) is 97.1 Å². The Labute approximate surface area is 310 Å². The van der Waals surface area contributed by atoms with Crippen LogP contribution >= 0.6 is 0 Å². The minimum absolute atomic E-state index is 0.101. The van der Waals surface area contributed by atoms with E-state index in [1.807, 2.05) is 0 Å². The molecule has 0 aliphatic carbocycles. The van der Waals surface area contributed by atoms with Gasteiger partial charge in [-0.1, -0.05) is 60.7 Å². The lowest BCUT2D eigenvalue weighted by Crippen LogP contribution is -2.17. The van der Waals surface area contributed by atoms with Crippen LogP contribution in [0.3, 0.4) is 0 Å². The van der Waals surface area contributed by atoms with Gasteiger partial charge in [-0.2, -0.15) is 16.8 Å². The maximum absolute atomic E-state index is 13.5. The number of rotatable bonds is 9. The maximum atomic E-state index is 13.5. The van der Waals surface area contributed by atoms with Gasteiger partial charge in [-0.15, -0.1) is 46.8 Å². The quantitative estimate of drug-likeness (QED) is 0.0614. The molecule has 290 valence electrons. The largest absolute Gasteiger partial charge is 0.573 e. The number of azo groups is 2. The van der Waals surface area contributed by atoms with E-state index in [1.54, 1.807) is 0 Å². The molecule has 0 aromatic heterocycles. The number of phenolic OH excluding ortho intramolecular Hbond substituents is 2. The molecule has 0 fully saturated rings. The Hall–Kier alpha value is -6.36. The van der Waals surface area contributed by atoms with Crippen molar-refractivity contribution in [2.24, 2.45) is 20.5 Å². The van der Waals surface area contributed by atoms with Crippen LogP contribution in [0.25, 0.3) is 32.7 Å². The average Bonchev–Trinajstić information content (AvgIpc) is 3.09. The van der Waals surface area contributed by atoms with E-state index in [0.717, 1.165) is 48.5 Å². The third-order valence-electron chi connectivity index (χ3n) is 7.71. The molecule has 0 bridgehead atoms. The van der Waals surface area contributed by atoms with Gasteiger partial charge in [-0.25, -0.2) is 0 Å². The smallest absolute Gasteiger partial charge is 0.505 e. The van der Waals surface area contributed by atoms with Gasteiger partial charge in [0.15, 0.2) is 23.0 Å². The van der Waals surface area contributed by atoms with Gasteiger partial charge in [-0.05, 0) is 47.5 Å². The van der Waals surface area contributed by atoms with Crippen LogP contribution in [0.5, 0.6) is 23.0 Å². The van der Waals surface area contributed by atoms with E-state index in [4.69, 9.17) is 0 Å².